The Balaban J connectivity index is 4.54. The molecule has 0 bridgehead atoms. The van der Waals surface area contributed by atoms with Crippen molar-refractivity contribution in [3.8, 4) is 0 Å². The molecule has 0 aromatic carbocycles. The molecule has 1 atom stereocenters. The highest BCUT2D eigenvalue weighted by Gasteiger charge is 2.19. The van der Waals surface area contributed by atoms with Crippen LogP contribution in [0.4, 0.5) is 0 Å². The first-order valence-electron chi connectivity index (χ1n) is 26.4. The maximum atomic E-state index is 12.8. The average molecular weight is 901 g/mol. The number of rotatable bonds is 46. The number of hydrogen-bond acceptors (Lipinski definition) is 6. The van der Waals surface area contributed by atoms with E-state index in [1.807, 2.05) is 12.2 Å². The van der Waals surface area contributed by atoms with Crippen molar-refractivity contribution in [1.29, 1.82) is 0 Å². The fourth-order valence-corrected chi connectivity index (χ4v) is 6.89. The molecule has 0 heterocycles. The minimum atomic E-state index is -0.825. The van der Waals surface area contributed by atoms with E-state index in [-0.39, 0.29) is 31.6 Å². The Kier molecular flexibility index (Phi) is 49.5. The van der Waals surface area contributed by atoms with Crippen molar-refractivity contribution in [3.63, 3.8) is 0 Å². The van der Waals surface area contributed by atoms with E-state index < -0.39 is 12.1 Å². The summed E-state index contributed by atoms with van der Waals surface area (Å²) in [5.41, 5.74) is 0. The minimum Gasteiger partial charge on any atom is -0.462 e. The Bertz CT molecular complexity index is 1360. The first-order chi connectivity index (χ1) is 32.0. The van der Waals surface area contributed by atoms with Crippen LogP contribution in [-0.4, -0.2) is 37.2 Å². The second-order valence-corrected chi connectivity index (χ2v) is 17.0. The van der Waals surface area contributed by atoms with Crippen LogP contribution in [0.3, 0.4) is 0 Å². The number of hydrogen-bond donors (Lipinski definition) is 0. The van der Waals surface area contributed by atoms with Gasteiger partial charge in [-0.1, -0.05) is 226 Å². The number of allylic oxidation sites excluding steroid dienone is 18. The van der Waals surface area contributed by atoms with Gasteiger partial charge in [0.2, 0.25) is 0 Å². The molecule has 0 fully saturated rings. The van der Waals surface area contributed by atoms with Crippen LogP contribution in [-0.2, 0) is 28.6 Å². The SMILES string of the molecule is CC/C=C\C/C=C\C/C=C\C/C=C\C/C=C\C/C=C\CCC(=O)O[C@H](COC(=O)CCCCCCC/C=C\C/C=C\C/C=C\CC)COC(=O)CCCCCCCCCCCCCCC. The molecule has 0 rings (SSSR count). The lowest BCUT2D eigenvalue weighted by atomic mass is 10.0. The summed E-state index contributed by atoms with van der Waals surface area (Å²) in [6.07, 6.45) is 70.8. The summed E-state index contributed by atoms with van der Waals surface area (Å²) in [7, 11) is 0. The standard InChI is InChI=1S/C59H96O6/c1-4-7-10-13-16-19-22-25-27-28-29-30-32-35-38-41-44-47-50-53-59(62)65-56(54-63-57(60)51-48-45-42-39-36-33-24-21-18-15-12-9-6-3)55-64-58(61)52-49-46-43-40-37-34-31-26-23-20-17-14-11-8-5-2/h7-8,10-11,16-17,19-20,25-27,29-31,35,38,44,47,56H,4-6,9,12-15,18,21-24,28,32-34,36-37,39-43,45-46,48-55H2,1-3H3/b10-7-,11-8-,19-16-,20-17-,27-25-,30-29-,31-26-,38-35-,47-44-/t56-/m0/s1. The molecule has 65 heavy (non-hydrogen) atoms. The van der Waals surface area contributed by atoms with Gasteiger partial charge in [0, 0.05) is 19.3 Å². The molecule has 0 aliphatic heterocycles. The first-order valence-corrected chi connectivity index (χ1v) is 26.4. The molecule has 0 aliphatic carbocycles. The van der Waals surface area contributed by atoms with E-state index in [0.29, 0.717) is 19.3 Å². The Morgan fingerprint density at radius 3 is 1.00 bits per heavy atom. The number of carbonyl (C=O) groups is 3. The molecule has 0 unspecified atom stereocenters. The van der Waals surface area contributed by atoms with Gasteiger partial charge in [-0.15, -0.1) is 0 Å². The summed E-state index contributed by atoms with van der Waals surface area (Å²) in [6.45, 7) is 6.33. The molecule has 0 spiro atoms. The van der Waals surface area contributed by atoms with Crippen LogP contribution in [0.25, 0.3) is 0 Å². The van der Waals surface area contributed by atoms with Crippen LogP contribution in [0.15, 0.2) is 109 Å². The van der Waals surface area contributed by atoms with Crippen LogP contribution in [0.5, 0.6) is 0 Å². The third-order valence-corrected chi connectivity index (χ3v) is 10.8. The van der Waals surface area contributed by atoms with E-state index >= 15 is 0 Å². The maximum Gasteiger partial charge on any atom is 0.306 e. The lowest BCUT2D eigenvalue weighted by molar-refractivity contribution is -0.166. The smallest absolute Gasteiger partial charge is 0.306 e. The van der Waals surface area contributed by atoms with Crippen molar-refractivity contribution in [2.45, 2.75) is 232 Å². The van der Waals surface area contributed by atoms with Crippen LogP contribution < -0.4 is 0 Å². The molecule has 6 nitrogen and oxygen atoms in total. The normalized spacial score (nSPS) is 13.0. The molecule has 0 saturated carbocycles. The van der Waals surface area contributed by atoms with Crippen LogP contribution in [0, 0.1) is 0 Å². The quantitative estimate of drug-likeness (QED) is 0.0262. The highest BCUT2D eigenvalue weighted by molar-refractivity contribution is 5.71. The van der Waals surface area contributed by atoms with E-state index in [2.05, 4.69) is 118 Å². The summed E-state index contributed by atoms with van der Waals surface area (Å²) in [6, 6.07) is 0. The second kappa shape index (κ2) is 52.7. The van der Waals surface area contributed by atoms with Crippen LogP contribution >= 0.6 is 0 Å². The Hall–Kier alpha value is -3.93. The molecule has 368 valence electrons. The van der Waals surface area contributed by atoms with Gasteiger partial charge in [-0.3, -0.25) is 14.4 Å². The van der Waals surface area contributed by atoms with Crippen molar-refractivity contribution in [2.75, 3.05) is 13.2 Å². The lowest BCUT2D eigenvalue weighted by Gasteiger charge is -2.18. The van der Waals surface area contributed by atoms with Crippen molar-refractivity contribution < 1.29 is 28.6 Å². The van der Waals surface area contributed by atoms with Gasteiger partial charge in [-0.2, -0.15) is 0 Å². The zero-order valence-electron chi connectivity index (χ0n) is 42.0. The molecule has 0 amide bonds. The van der Waals surface area contributed by atoms with E-state index in [0.717, 1.165) is 116 Å². The van der Waals surface area contributed by atoms with Gasteiger partial charge in [0.1, 0.15) is 13.2 Å². The number of unbranched alkanes of at least 4 members (excludes halogenated alkanes) is 17. The van der Waals surface area contributed by atoms with E-state index in [1.54, 1.807) is 0 Å². The van der Waals surface area contributed by atoms with Crippen molar-refractivity contribution in [1.82, 2.24) is 0 Å². The van der Waals surface area contributed by atoms with Gasteiger partial charge in [0.25, 0.3) is 0 Å². The largest absolute Gasteiger partial charge is 0.462 e. The highest BCUT2D eigenvalue weighted by atomic mass is 16.6. The summed E-state index contributed by atoms with van der Waals surface area (Å²) >= 11 is 0. The molecular weight excluding hydrogens is 805 g/mol. The van der Waals surface area contributed by atoms with Crippen LogP contribution in [0.1, 0.15) is 226 Å². The number of carbonyl (C=O) groups excluding carboxylic acids is 3. The summed E-state index contributed by atoms with van der Waals surface area (Å²) in [4.78, 5) is 38.0. The van der Waals surface area contributed by atoms with E-state index in [9.17, 15) is 14.4 Å². The average Bonchev–Trinajstić information content (AvgIpc) is 3.30. The minimum absolute atomic E-state index is 0.114. The molecular formula is C59H96O6. The Morgan fingerprint density at radius 2 is 0.631 bits per heavy atom. The van der Waals surface area contributed by atoms with Gasteiger partial charge in [-0.25, -0.2) is 0 Å². The lowest BCUT2D eigenvalue weighted by Crippen LogP contribution is -2.30. The Labute approximate surface area is 400 Å². The van der Waals surface area contributed by atoms with Gasteiger partial charge in [-0.05, 0) is 89.9 Å². The van der Waals surface area contributed by atoms with Gasteiger partial charge < -0.3 is 14.2 Å². The predicted octanol–water partition coefficient (Wildman–Crippen LogP) is 17.5. The van der Waals surface area contributed by atoms with Crippen molar-refractivity contribution in [2.24, 2.45) is 0 Å². The number of esters is 3. The third-order valence-electron chi connectivity index (χ3n) is 10.8. The summed E-state index contributed by atoms with van der Waals surface area (Å²) < 4.78 is 16.7. The molecule has 0 aromatic rings. The molecule has 6 heteroatoms. The predicted molar refractivity (Wildman–Crippen MR) is 279 cm³/mol. The fourth-order valence-electron chi connectivity index (χ4n) is 6.89. The summed E-state index contributed by atoms with van der Waals surface area (Å²) in [5.74, 6) is -1.02. The maximum absolute atomic E-state index is 12.8. The number of ether oxygens (including phenoxy) is 3. The monoisotopic (exact) mass is 901 g/mol. The fraction of sp³-hybridized carbons (Fsp3) is 0.644. The molecule has 0 N–H and O–H groups in total. The van der Waals surface area contributed by atoms with E-state index in [4.69, 9.17) is 14.2 Å². The summed E-state index contributed by atoms with van der Waals surface area (Å²) in [5, 5.41) is 0. The second-order valence-electron chi connectivity index (χ2n) is 17.0. The van der Waals surface area contributed by atoms with Crippen molar-refractivity contribution >= 4 is 17.9 Å². The topological polar surface area (TPSA) is 78.9 Å². The zero-order valence-corrected chi connectivity index (χ0v) is 42.0. The zero-order chi connectivity index (χ0) is 47.2. The Morgan fingerprint density at radius 1 is 0.323 bits per heavy atom. The van der Waals surface area contributed by atoms with Crippen LogP contribution in [0.2, 0.25) is 0 Å². The van der Waals surface area contributed by atoms with E-state index in [1.165, 1.54) is 64.2 Å². The molecule has 0 saturated heterocycles. The molecule has 0 radical (unpaired) electrons. The van der Waals surface area contributed by atoms with Crippen molar-refractivity contribution in [3.05, 3.63) is 109 Å². The molecule has 0 aliphatic rings. The van der Waals surface area contributed by atoms with Gasteiger partial charge in [0.15, 0.2) is 6.10 Å². The van der Waals surface area contributed by atoms with Gasteiger partial charge >= 0.3 is 17.9 Å². The first kappa shape index (κ1) is 61.1. The van der Waals surface area contributed by atoms with Gasteiger partial charge in [0.05, 0.1) is 0 Å². The molecule has 0 aromatic heterocycles. The highest BCUT2D eigenvalue weighted by Crippen LogP contribution is 2.14. The third kappa shape index (κ3) is 50.9.